The average Bonchev–Trinajstić information content (AvgIpc) is 3.04. The van der Waals surface area contributed by atoms with E-state index < -0.39 is 0 Å². The maximum Gasteiger partial charge on any atom is 0.125 e. The van der Waals surface area contributed by atoms with Crippen molar-refractivity contribution in [1.29, 1.82) is 0 Å². The Morgan fingerprint density at radius 3 is 2.70 bits per heavy atom. The maximum atomic E-state index is 6.08. The smallest absolute Gasteiger partial charge is 0.125 e. The number of methoxy groups -OCH3 is 1. The van der Waals surface area contributed by atoms with Gasteiger partial charge in [-0.05, 0) is 24.1 Å². The van der Waals surface area contributed by atoms with Crippen molar-refractivity contribution in [2.75, 3.05) is 20.2 Å². The highest BCUT2D eigenvalue weighted by molar-refractivity contribution is 9.10. The van der Waals surface area contributed by atoms with E-state index in [1.54, 1.807) is 7.11 Å². The van der Waals surface area contributed by atoms with Gasteiger partial charge in [0.15, 0.2) is 0 Å². The van der Waals surface area contributed by atoms with E-state index in [4.69, 9.17) is 9.47 Å². The number of nitrogens with zero attached hydrogens (tertiary/aromatic N) is 1. The molecule has 1 fully saturated rings. The first-order chi connectivity index (χ1) is 11.3. The van der Waals surface area contributed by atoms with Crippen molar-refractivity contribution >= 4 is 15.9 Å². The molecule has 0 saturated carbocycles. The molecule has 0 spiro atoms. The molecular formula is C19H22BrNO2. The summed E-state index contributed by atoms with van der Waals surface area (Å²) in [6.07, 6.45) is 1.45. The van der Waals surface area contributed by atoms with E-state index in [1.807, 2.05) is 30.3 Å². The molecule has 0 N–H and O–H groups in total. The van der Waals surface area contributed by atoms with Crippen molar-refractivity contribution in [3.63, 3.8) is 0 Å². The molecule has 122 valence electrons. The van der Waals surface area contributed by atoms with E-state index in [-0.39, 0.29) is 0 Å². The number of halogens is 1. The van der Waals surface area contributed by atoms with Crippen LogP contribution in [0.25, 0.3) is 0 Å². The van der Waals surface area contributed by atoms with Crippen molar-refractivity contribution < 1.29 is 9.47 Å². The Morgan fingerprint density at radius 2 is 1.96 bits per heavy atom. The summed E-state index contributed by atoms with van der Waals surface area (Å²) in [5.41, 5.74) is 2.39. The number of rotatable bonds is 6. The summed E-state index contributed by atoms with van der Waals surface area (Å²) in [5.74, 6) is 0.948. The third kappa shape index (κ3) is 4.34. The molecule has 0 amide bonds. The van der Waals surface area contributed by atoms with E-state index in [0.29, 0.717) is 12.7 Å². The molecule has 2 aromatic rings. The van der Waals surface area contributed by atoms with E-state index in [1.165, 1.54) is 11.1 Å². The number of ether oxygens (including phenoxy) is 2. The van der Waals surface area contributed by atoms with Gasteiger partial charge < -0.3 is 9.47 Å². The first-order valence-electron chi connectivity index (χ1n) is 7.95. The standard InChI is InChI=1S/C19H22BrNO2/c1-22-16-10-11-21(12-16)13-17-18(20)8-5-9-19(17)23-14-15-6-3-2-4-7-15/h2-9,16H,10-14H2,1H3. The Bertz CT molecular complexity index is 633. The molecular weight excluding hydrogens is 354 g/mol. The highest BCUT2D eigenvalue weighted by Gasteiger charge is 2.23. The van der Waals surface area contributed by atoms with Crippen LogP contribution in [0.1, 0.15) is 17.5 Å². The monoisotopic (exact) mass is 375 g/mol. The molecule has 1 heterocycles. The van der Waals surface area contributed by atoms with Gasteiger partial charge >= 0.3 is 0 Å². The Labute approximate surface area is 146 Å². The Hall–Kier alpha value is -1.36. The number of hydrogen-bond acceptors (Lipinski definition) is 3. The number of hydrogen-bond donors (Lipinski definition) is 0. The molecule has 0 aliphatic carbocycles. The molecule has 3 rings (SSSR count). The van der Waals surface area contributed by atoms with Gasteiger partial charge in [0.25, 0.3) is 0 Å². The quantitative estimate of drug-likeness (QED) is 0.753. The van der Waals surface area contributed by atoms with E-state index in [2.05, 4.69) is 39.0 Å². The SMILES string of the molecule is COC1CCN(Cc2c(Br)cccc2OCc2ccccc2)C1. The second-order valence-electron chi connectivity index (χ2n) is 5.87. The first kappa shape index (κ1) is 16.5. The van der Waals surface area contributed by atoms with Crippen LogP contribution < -0.4 is 4.74 Å². The van der Waals surface area contributed by atoms with Gasteiger partial charge in [-0.1, -0.05) is 52.3 Å². The van der Waals surface area contributed by atoms with Gasteiger partial charge in [-0.3, -0.25) is 4.90 Å². The van der Waals surface area contributed by atoms with Crippen molar-refractivity contribution in [3.8, 4) is 5.75 Å². The molecule has 0 radical (unpaired) electrons. The second-order valence-corrected chi connectivity index (χ2v) is 6.73. The lowest BCUT2D eigenvalue weighted by atomic mass is 10.2. The summed E-state index contributed by atoms with van der Waals surface area (Å²) < 4.78 is 12.6. The molecule has 0 bridgehead atoms. The Morgan fingerprint density at radius 1 is 1.13 bits per heavy atom. The Balaban J connectivity index is 1.69. The van der Waals surface area contributed by atoms with Crippen LogP contribution in [0.3, 0.4) is 0 Å². The molecule has 1 aliphatic rings. The van der Waals surface area contributed by atoms with Gasteiger partial charge in [-0.15, -0.1) is 0 Å². The molecule has 3 nitrogen and oxygen atoms in total. The van der Waals surface area contributed by atoms with Crippen molar-refractivity contribution in [2.24, 2.45) is 0 Å². The summed E-state index contributed by atoms with van der Waals surface area (Å²) in [6, 6.07) is 16.4. The van der Waals surface area contributed by atoms with Crippen LogP contribution in [0.4, 0.5) is 0 Å². The summed E-state index contributed by atoms with van der Waals surface area (Å²) in [6.45, 7) is 3.52. The average molecular weight is 376 g/mol. The van der Waals surface area contributed by atoms with Crippen LogP contribution >= 0.6 is 15.9 Å². The van der Waals surface area contributed by atoms with Gasteiger partial charge in [-0.25, -0.2) is 0 Å². The molecule has 1 aliphatic heterocycles. The van der Waals surface area contributed by atoms with Gasteiger partial charge in [0.2, 0.25) is 0 Å². The zero-order chi connectivity index (χ0) is 16.1. The lowest BCUT2D eigenvalue weighted by Gasteiger charge is -2.19. The lowest BCUT2D eigenvalue weighted by Crippen LogP contribution is -2.23. The third-order valence-corrected chi connectivity index (χ3v) is 5.00. The molecule has 2 aromatic carbocycles. The number of likely N-dealkylation sites (tertiary alicyclic amines) is 1. The van der Waals surface area contributed by atoms with Crippen LogP contribution in [0.2, 0.25) is 0 Å². The van der Waals surface area contributed by atoms with Crippen molar-refractivity contribution in [2.45, 2.75) is 25.7 Å². The second kappa shape index (κ2) is 7.95. The first-order valence-corrected chi connectivity index (χ1v) is 8.75. The fraction of sp³-hybridized carbons (Fsp3) is 0.368. The van der Waals surface area contributed by atoms with Crippen LogP contribution in [0, 0.1) is 0 Å². The minimum absolute atomic E-state index is 0.353. The van der Waals surface area contributed by atoms with Gasteiger partial charge in [0, 0.05) is 36.8 Å². The number of benzene rings is 2. The van der Waals surface area contributed by atoms with Gasteiger partial charge in [0.1, 0.15) is 12.4 Å². The van der Waals surface area contributed by atoms with Crippen LogP contribution in [0.15, 0.2) is 53.0 Å². The van der Waals surface area contributed by atoms with Gasteiger partial charge in [-0.2, -0.15) is 0 Å². The van der Waals surface area contributed by atoms with Crippen LogP contribution in [0.5, 0.6) is 5.75 Å². The van der Waals surface area contributed by atoms with Crippen LogP contribution in [-0.4, -0.2) is 31.2 Å². The van der Waals surface area contributed by atoms with Crippen LogP contribution in [-0.2, 0) is 17.9 Å². The Kier molecular flexibility index (Phi) is 5.70. The minimum Gasteiger partial charge on any atom is -0.489 e. The molecule has 1 atom stereocenters. The molecule has 1 unspecified atom stereocenters. The maximum absolute atomic E-state index is 6.08. The fourth-order valence-corrected chi connectivity index (χ4v) is 3.39. The molecule has 4 heteroatoms. The molecule has 23 heavy (non-hydrogen) atoms. The zero-order valence-electron chi connectivity index (χ0n) is 13.4. The van der Waals surface area contributed by atoms with E-state index in [0.717, 1.165) is 36.3 Å². The predicted octanol–water partition coefficient (Wildman–Crippen LogP) is 4.25. The minimum atomic E-state index is 0.353. The largest absolute Gasteiger partial charge is 0.489 e. The summed E-state index contributed by atoms with van der Waals surface area (Å²) >= 11 is 3.67. The highest BCUT2D eigenvalue weighted by atomic mass is 79.9. The van der Waals surface area contributed by atoms with Crippen molar-refractivity contribution in [3.05, 3.63) is 64.1 Å². The van der Waals surface area contributed by atoms with E-state index in [9.17, 15) is 0 Å². The summed E-state index contributed by atoms with van der Waals surface area (Å²) in [5, 5.41) is 0. The molecule has 1 saturated heterocycles. The van der Waals surface area contributed by atoms with E-state index >= 15 is 0 Å². The highest BCUT2D eigenvalue weighted by Crippen LogP contribution is 2.30. The molecule has 0 aromatic heterocycles. The third-order valence-electron chi connectivity index (χ3n) is 4.26. The lowest BCUT2D eigenvalue weighted by molar-refractivity contribution is 0.107. The normalized spacial score (nSPS) is 18.3. The predicted molar refractivity (Wildman–Crippen MR) is 95.6 cm³/mol. The summed E-state index contributed by atoms with van der Waals surface area (Å²) in [4.78, 5) is 2.42. The topological polar surface area (TPSA) is 21.7 Å². The fourth-order valence-electron chi connectivity index (χ4n) is 2.92. The van der Waals surface area contributed by atoms with Crippen molar-refractivity contribution in [1.82, 2.24) is 4.90 Å². The summed E-state index contributed by atoms with van der Waals surface area (Å²) in [7, 11) is 1.79. The zero-order valence-corrected chi connectivity index (χ0v) is 15.0. The van der Waals surface area contributed by atoms with Gasteiger partial charge in [0.05, 0.1) is 6.10 Å².